The van der Waals surface area contributed by atoms with Crippen molar-refractivity contribution in [2.45, 2.75) is 206 Å². The molecule has 0 aromatic carbocycles. The first-order valence-corrected chi connectivity index (χ1v) is 23.4. The van der Waals surface area contributed by atoms with Gasteiger partial charge in [0.05, 0.1) is 34.4 Å². The Kier molecular flexibility index (Phi) is 36.6. The molecule has 0 aliphatic rings. The van der Waals surface area contributed by atoms with Gasteiger partial charge >= 0.3 is 5.97 Å². The summed E-state index contributed by atoms with van der Waals surface area (Å²) in [7, 11) is 1.36. The highest BCUT2D eigenvalue weighted by Gasteiger charge is 2.20. The number of ether oxygens (including phenoxy) is 2. The van der Waals surface area contributed by atoms with Crippen molar-refractivity contribution in [2.24, 2.45) is 0 Å². The molecule has 0 aliphatic carbocycles. The number of hydrogen-bond donors (Lipinski definition) is 0. The van der Waals surface area contributed by atoms with E-state index in [1.165, 1.54) is 148 Å². The lowest BCUT2D eigenvalue weighted by Gasteiger charge is -2.28. The molecule has 0 aliphatic heterocycles. The average molecular weight is 760 g/mol. The van der Waals surface area contributed by atoms with Gasteiger partial charge in [0.2, 0.25) is 0 Å². The van der Waals surface area contributed by atoms with Crippen LogP contribution in [0.1, 0.15) is 200 Å². The van der Waals surface area contributed by atoms with E-state index >= 15 is 0 Å². The lowest BCUT2D eigenvalue weighted by Crippen LogP contribution is -2.37. The van der Waals surface area contributed by atoms with Crippen LogP contribution >= 0.6 is 7.82 Å². The van der Waals surface area contributed by atoms with Crippen LogP contribution in [0.5, 0.6) is 0 Å². The molecular formula is C43H86NO7P. The molecule has 2 unspecified atom stereocenters. The van der Waals surface area contributed by atoms with Gasteiger partial charge in [-0.05, 0) is 38.5 Å². The van der Waals surface area contributed by atoms with Crippen LogP contribution in [0.3, 0.4) is 0 Å². The molecule has 2 atom stereocenters. The number of carbonyl (C=O) groups is 1. The van der Waals surface area contributed by atoms with Crippen molar-refractivity contribution in [2.75, 3.05) is 54.1 Å². The van der Waals surface area contributed by atoms with E-state index in [0.717, 1.165) is 32.1 Å². The topological polar surface area (TPSA) is 94.1 Å². The van der Waals surface area contributed by atoms with Gasteiger partial charge in [0.25, 0.3) is 7.82 Å². The van der Waals surface area contributed by atoms with Gasteiger partial charge in [-0.15, -0.1) is 0 Å². The standard InChI is InChI=1S/C43H86NO7P/c1-6-8-10-12-14-16-18-19-20-21-22-23-24-25-26-28-30-32-34-36-43(45)51-42(41-50-52(46,47)49-39-37-44(3,4)5)40-48-38-35-33-31-29-27-17-15-13-11-9-7-2/h19-20,42H,6-18,21-41H2,1-5H3/b20-19-. The van der Waals surface area contributed by atoms with Gasteiger partial charge in [-0.2, -0.15) is 0 Å². The summed E-state index contributed by atoms with van der Waals surface area (Å²) < 4.78 is 34.5. The predicted molar refractivity (Wildman–Crippen MR) is 217 cm³/mol. The molecular weight excluding hydrogens is 673 g/mol. The SMILES string of the molecule is CCCCCCCC/C=C\CCCCCCCCCCCC(=O)OC(COCCCCCCCCCCCCC)COP(=O)([O-])OCC[N+](C)(C)C. The highest BCUT2D eigenvalue weighted by molar-refractivity contribution is 7.45. The molecule has 0 rings (SSSR count). The summed E-state index contributed by atoms with van der Waals surface area (Å²) >= 11 is 0. The lowest BCUT2D eigenvalue weighted by atomic mass is 10.1. The lowest BCUT2D eigenvalue weighted by molar-refractivity contribution is -0.870. The van der Waals surface area contributed by atoms with Gasteiger partial charge in [0.15, 0.2) is 0 Å². The number of hydrogen-bond acceptors (Lipinski definition) is 7. The average Bonchev–Trinajstić information content (AvgIpc) is 3.09. The number of phosphoric acid groups is 1. The van der Waals surface area contributed by atoms with Crippen LogP contribution in [0.4, 0.5) is 0 Å². The van der Waals surface area contributed by atoms with E-state index in [1.807, 2.05) is 21.1 Å². The second-order valence-electron chi connectivity index (χ2n) is 16.1. The van der Waals surface area contributed by atoms with Gasteiger partial charge in [0, 0.05) is 13.0 Å². The highest BCUT2D eigenvalue weighted by atomic mass is 31.2. The van der Waals surface area contributed by atoms with Crippen molar-refractivity contribution in [3.05, 3.63) is 12.2 Å². The van der Waals surface area contributed by atoms with Gasteiger partial charge in [-0.3, -0.25) is 9.36 Å². The predicted octanol–water partition coefficient (Wildman–Crippen LogP) is 12.0. The van der Waals surface area contributed by atoms with Gasteiger partial charge < -0.3 is 27.9 Å². The number of carbonyl (C=O) groups excluding carboxylic acids is 1. The quantitative estimate of drug-likeness (QED) is 0.0201. The molecule has 0 saturated carbocycles. The van der Waals surface area contributed by atoms with E-state index < -0.39 is 13.9 Å². The maximum Gasteiger partial charge on any atom is 0.306 e. The number of likely N-dealkylation sites (N-methyl/N-ethyl adjacent to an activating group) is 1. The van der Waals surface area contributed by atoms with Crippen molar-refractivity contribution in [1.82, 2.24) is 0 Å². The Balaban J connectivity index is 4.17. The summed E-state index contributed by atoms with van der Waals surface area (Å²) in [6, 6.07) is 0. The molecule has 9 heteroatoms. The summed E-state index contributed by atoms with van der Waals surface area (Å²) in [6.07, 6.45) is 39.3. The fraction of sp³-hybridized carbons (Fsp3) is 0.930. The fourth-order valence-corrected chi connectivity index (χ4v) is 6.86. The zero-order valence-electron chi connectivity index (χ0n) is 35.0. The van der Waals surface area contributed by atoms with Crippen LogP contribution in [-0.2, 0) is 27.9 Å². The summed E-state index contributed by atoms with van der Waals surface area (Å²) in [5.41, 5.74) is 0. The summed E-state index contributed by atoms with van der Waals surface area (Å²) in [5, 5.41) is 0. The Morgan fingerprint density at radius 3 is 1.46 bits per heavy atom. The Hall–Kier alpha value is -0.760. The number of unbranched alkanes of at least 4 members (excludes halogenated alkanes) is 25. The first-order chi connectivity index (χ1) is 25.1. The number of phosphoric ester groups is 1. The van der Waals surface area contributed by atoms with Crippen molar-refractivity contribution in [3.63, 3.8) is 0 Å². The first-order valence-electron chi connectivity index (χ1n) is 21.9. The molecule has 0 aromatic rings. The third kappa shape index (κ3) is 40.4. The highest BCUT2D eigenvalue weighted by Crippen LogP contribution is 2.38. The number of allylic oxidation sites excluding steroid dienone is 2. The second-order valence-corrected chi connectivity index (χ2v) is 17.5. The number of esters is 1. The maximum atomic E-state index is 12.7. The van der Waals surface area contributed by atoms with Crippen molar-refractivity contribution in [1.29, 1.82) is 0 Å². The van der Waals surface area contributed by atoms with Crippen LogP contribution in [0.25, 0.3) is 0 Å². The van der Waals surface area contributed by atoms with Gasteiger partial charge in [-0.25, -0.2) is 0 Å². The molecule has 0 saturated heterocycles. The Labute approximate surface area is 322 Å². The molecule has 0 radical (unpaired) electrons. The van der Waals surface area contributed by atoms with E-state index in [-0.39, 0.29) is 25.8 Å². The zero-order valence-corrected chi connectivity index (χ0v) is 35.9. The molecule has 0 heterocycles. The van der Waals surface area contributed by atoms with E-state index in [2.05, 4.69) is 26.0 Å². The number of nitrogens with zero attached hydrogens (tertiary/aromatic N) is 1. The molecule has 0 spiro atoms. The molecule has 0 aromatic heterocycles. The van der Waals surface area contributed by atoms with Gasteiger partial charge in [-0.1, -0.05) is 167 Å². The van der Waals surface area contributed by atoms with Crippen LogP contribution in [-0.4, -0.2) is 70.7 Å². The Morgan fingerprint density at radius 1 is 0.577 bits per heavy atom. The zero-order chi connectivity index (χ0) is 38.4. The molecule has 0 amide bonds. The Bertz CT molecular complexity index is 848. The van der Waals surface area contributed by atoms with Crippen molar-refractivity contribution >= 4 is 13.8 Å². The van der Waals surface area contributed by atoms with Crippen molar-refractivity contribution < 1.29 is 37.3 Å². The largest absolute Gasteiger partial charge is 0.756 e. The first kappa shape index (κ1) is 51.2. The minimum atomic E-state index is -4.52. The van der Waals surface area contributed by atoms with E-state index in [4.69, 9.17) is 18.5 Å². The fourth-order valence-electron chi connectivity index (χ4n) is 6.13. The van der Waals surface area contributed by atoms with E-state index in [1.54, 1.807) is 0 Å². The monoisotopic (exact) mass is 760 g/mol. The smallest absolute Gasteiger partial charge is 0.306 e. The number of rotatable bonds is 41. The normalized spacial score (nSPS) is 13.9. The van der Waals surface area contributed by atoms with Gasteiger partial charge in [0.1, 0.15) is 19.3 Å². The van der Waals surface area contributed by atoms with Crippen LogP contribution in [0.15, 0.2) is 12.2 Å². The minimum absolute atomic E-state index is 0.0289. The molecule has 310 valence electrons. The molecule has 0 fully saturated rings. The van der Waals surface area contributed by atoms with E-state index in [9.17, 15) is 14.3 Å². The second kappa shape index (κ2) is 37.2. The van der Waals surface area contributed by atoms with Crippen LogP contribution < -0.4 is 4.89 Å². The van der Waals surface area contributed by atoms with Crippen LogP contribution in [0, 0.1) is 0 Å². The molecule has 8 nitrogen and oxygen atoms in total. The summed E-state index contributed by atoms with van der Waals surface area (Å²) in [4.78, 5) is 25.0. The number of quaternary nitrogens is 1. The molecule has 52 heavy (non-hydrogen) atoms. The minimum Gasteiger partial charge on any atom is -0.756 e. The summed E-state index contributed by atoms with van der Waals surface area (Å²) in [6.45, 7) is 5.43. The molecule has 0 bridgehead atoms. The molecule has 0 N–H and O–H groups in total. The third-order valence-electron chi connectivity index (χ3n) is 9.57. The summed E-state index contributed by atoms with van der Waals surface area (Å²) in [5.74, 6) is -0.334. The van der Waals surface area contributed by atoms with Crippen molar-refractivity contribution in [3.8, 4) is 0 Å². The Morgan fingerprint density at radius 2 is 1.00 bits per heavy atom. The van der Waals surface area contributed by atoms with Crippen LogP contribution in [0.2, 0.25) is 0 Å². The van der Waals surface area contributed by atoms with E-state index in [0.29, 0.717) is 24.1 Å². The maximum absolute atomic E-state index is 12.7. The third-order valence-corrected chi connectivity index (χ3v) is 10.5.